The molecule has 2 aliphatic heterocycles. The van der Waals surface area contributed by atoms with Gasteiger partial charge < -0.3 is 15.1 Å². The lowest BCUT2D eigenvalue weighted by molar-refractivity contribution is 0.331. The summed E-state index contributed by atoms with van der Waals surface area (Å²) in [6.45, 7) is 15.7. The highest BCUT2D eigenvalue weighted by Crippen LogP contribution is 2.45. The van der Waals surface area contributed by atoms with Crippen LogP contribution in [0.1, 0.15) is 54.7 Å². The number of anilines is 1. The number of hydrogen-bond donors (Lipinski definition) is 1. The van der Waals surface area contributed by atoms with E-state index in [1.54, 1.807) is 6.07 Å². The zero-order valence-electron chi connectivity index (χ0n) is 22.3. The molecule has 4 nitrogen and oxygen atoms in total. The quantitative estimate of drug-likeness (QED) is 0.331. The molecule has 39 heavy (non-hydrogen) atoms. The third kappa shape index (κ3) is 4.63. The summed E-state index contributed by atoms with van der Waals surface area (Å²) < 4.78 is 15.4. The van der Waals surface area contributed by atoms with Gasteiger partial charge in [0.2, 0.25) is 0 Å². The van der Waals surface area contributed by atoms with E-state index in [2.05, 4.69) is 41.1 Å². The van der Waals surface area contributed by atoms with Crippen molar-refractivity contribution >= 4 is 40.0 Å². The number of halogens is 2. The van der Waals surface area contributed by atoms with Gasteiger partial charge in [0.05, 0.1) is 11.2 Å². The first-order chi connectivity index (χ1) is 19.0. The Kier molecular flexibility index (Phi) is 6.94. The van der Waals surface area contributed by atoms with Crippen LogP contribution in [0.3, 0.4) is 0 Å². The lowest BCUT2D eigenvalue weighted by atomic mass is 9.83. The fraction of sp³-hybridized carbons (Fsp3) is 0.303. The van der Waals surface area contributed by atoms with Gasteiger partial charge in [0.15, 0.2) is 0 Å². The zero-order chi connectivity index (χ0) is 27.1. The molecule has 1 N–H and O–H groups in total. The van der Waals surface area contributed by atoms with Crippen molar-refractivity contribution in [3.63, 3.8) is 0 Å². The second-order valence-corrected chi connectivity index (χ2v) is 11.2. The molecule has 0 radical (unpaired) electrons. The molecule has 0 bridgehead atoms. The van der Waals surface area contributed by atoms with Crippen LogP contribution in [0.25, 0.3) is 33.8 Å². The van der Waals surface area contributed by atoms with Gasteiger partial charge in [0, 0.05) is 77.1 Å². The molecular formula is C33H34ClFN4. The van der Waals surface area contributed by atoms with Crippen LogP contribution in [-0.4, -0.2) is 36.1 Å². The van der Waals surface area contributed by atoms with Crippen LogP contribution in [-0.2, 0) is 0 Å². The van der Waals surface area contributed by atoms with Gasteiger partial charge >= 0.3 is 0 Å². The normalized spacial score (nSPS) is 17.7. The highest BCUT2D eigenvalue weighted by atomic mass is 35.5. The van der Waals surface area contributed by atoms with Crippen LogP contribution in [0.5, 0.6) is 0 Å². The van der Waals surface area contributed by atoms with Crippen molar-refractivity contribution < 1.29 is 4.39 Å². The van der Waals surface area contributed by atoms with Crippen LogP contribution in [0.15, 0.2) is 68.2 Å². The molecule has 1 saturated heterocycles. The molecule has 1 aliphatic carbocycles. The predicted octanol–water partition coefficient (Wildman–Crippen LogP) is 8.11. The maximum atomic E-state index is 15.4. The zero-order valence-corrected chi connectivity index (χ0v) is 23.0. The van der Waals surface area contributed by atoms with Crippen LogP contribution < -0.4 is 10.2 Å². The molecule has 6 rings (SSSR count). The van der Waals surface area contributed by atoms with E-state index in [0.717, 1.165) is 53.9 Å². The van der Waals surface area contributed by atoms with Gasteiger partial charge in [-0.2, -0.15) is 0 Å². The topological polar surface area (TPSA) is 31.4 Å². The molecule has 3 aromatic rings. The van der Waals surface area contributed by atoms with Crippen molar-refractivity contribution in [3.05, 3.63) is 95.7 Å². The second kappa shape index (κ2) is 10.5. The van der Waals surface area contributed by atoms with E-state index in [9.17, 15) is 0 Å². The molecule has 2 fully saturated rings. The Hall–Kier alpha value is -3.57. The molecule has 0 unspecified atom stereocenters. The number of nitrogens with one attached hydrogen (secondary N) is 1. The van der Waals surface area contributed by atoms with Crippen molar-refractivity contribution in [3.8, 4) is 11.1 Å². The number of pyridine rings is 1. The van der Waals surface area contributed by atoms with Gasteiger partial charge in [-0.15, -0.1) is 0 Å². The maximum Gasteiger partial charge on any atom is 0.131 e. The summed E-state index contributed by atoms with van der Waals surface area (Å²) in [7, 11) is 0. The molecule has 1 saturated carbocycles. The summed E-state index contributed by atoms with van der Waals surface area (Å²) in [5, 5.41) is 4.67. The fourth-order valence-corrected chi connectivity index (χ4v) is 6.70. The van der Waals surface area contributed by atoms with Gasteiger partial charge in [0.1, 0.15) is 5.82 Å². The summed E-state index contributed by atoms with van der Waals surface area (Å²) in [4.78, 5) is 9.73. The SMILES string of the molecule is C=CC(=C)N1CCN(c2c(C3CCCCC3)cnc3cc(-c4c(F)ccc5c4C(=C)NC=C5)c(Cl)cc23)CC1. The number of nitrogens with zero attached hydrogens (tertiary/aromatic N) is 3. The van der Waals surface area contributed by atoms with Crippen LogP contribution in [0.2, 0.25) is 5.02 Å². The lowest BCUT2D eigenvalue weighted by Crippen LogP contribution is -2.46. The predicted molar refractivity (Wildman–Crippen MR) is 162 cm³/mol. The lowest BCUT2D eigenvalue weighted by Gasteiger charge is -2.39. The Morgan fingerprint density at radius 2 is 1.85 bits per heavy atom. The number of piperazine rings is 1. The Bertz CT molecular complexity index is 1510. The minimum atomic E-state index is -0.328. The molecule has 2 aromatic carbocycles. The van der Waals surface area contributed by atoms with E-state index in [1.165, 1.54) is 49.4 Å². The Morgan fingerprint density at radius 1 is 1.08 bits per heavy atom. The third-order valence-electron chi connectivity index (χ3n) is 8.52. The molecule has 6 heteroatoms. The molecule has 0 atom stereocenters. The Balaban J connectivity index is 1.49. The first-order valence-electron chi connectivity index (χ1n) is 13.8. The average Bonchev–Trinajstić information content (AvgIpc) is 2.97. The van der Waals surface area contributed by atoms with Gasteiger partial charge in [-0.05, 0) is 60.2 Å². The van der Waals surface area contributed by atoms with Gasteiger partial charge in [-0.25, -0.2) is 4.39 Å². The molecule has 3 heterocycles. The maximum absolute atomic E-state index is 15.4. The number of aromatic nitrogens is 1. The molecule has 0 spiro atoms. The second-order valence-electron chi connectivity index (χ2n) is 10.8. The smallest absolute Gasteiger partial charge is 0.131 e. The van der Waals surface area contributed by atoms with Crippen LogP contribution in [0, 0.1) is 5.82 Å². The van der Waals surface area contributed by atoms with E-state index < -0.39 is 0 Å². The third-order valence-corrected chi connectivity index (χ3v) is 8.83. The van der Waals surface area contributed by atoms with Gasteiger partial charge in [-0.3, -0.25) is 4.98 Å². The Labute approximate surface area is 235 Å². The highest BCUT2D eigenvalue weighted by Gasteiger charge is 2.28. The van der Waals surface area contributed by atoms with Gasteiger partial charge in [0.25, 0.3) is 0 Å². The van der Waals surface area contributed by atoms with E-state index >= 15 is 4.39 Å². The standard InChI is InChI=1S/C33H34ClFN4/c1-4-21(2)38-14-16-39(17-15-38)33-26-18-28(34)25(19-30(26)37-20-27(33)23-8-6-5-7-9-23)32-29(35)11-10-24-12-13-36-22(3)31(24)32/h4,10-13,18-20,23,36H,1-3,5-9,14-17H2. The van der Waals surface area contributed by atoms with E-state index in [4.69, 9.17) is 16.6 Å². The minimum absolute atomic E-state index is 0.328. The monoisotopic (exact) mass is 540 g/mol. The molecule has 1 aromatic heterocycles. The summed E-state index contributed by atoms with van der Waals surface area (Å²) in [6, 6.07) is 7.23. The number of hydrogen-bond acceptors (Lipinski definition) is 4. The summed E-state index contributed by atoms with van der Waals surface area (Å²) in [5.41, 5.74) is 7.71. The van der Waals surface area contributed by atoms with Gasteiger partial charge in [-0.1, -0.05) is 56.7 Å². The molecule has 3 aliphatic rings. The van der Waals surface area contributed by atoms with E-state index in [1.807, 2.05) is 30.5 Å². The van der Waals surface area contributed by atoms with Crippen molar-refractivity contribution in [1.29, 1.82) is 0 Å². The largest absolute Gasteiger partial charge is 0.368 e. The first-order valence-corrected chi connectivity index (χ1v) is 14.2. The number of allylic oxidation sites excluding steroid dienone is 1. The van der Waals surface area contributed by atoms with Crippen LogP contribution >= 0.6 is 11.6 Å². The van der Waals surface area contributed by atoms with Crippen LogP contribution in [0.4, 0.5) is 10.1 Å². The van der Waals surface area contributed by atoms with Crippen molar-refractivity contribution in [2.24, 2.45) is 0 Å². The van der Waals surface area contributed by atoms with E-state index in [-0.39, 0.29) is 5.82 Å². The van der Waals surface area contributed by atoms with Crippen molar-refractivity contribution in [2.45, 2.75) is 38.0 Å². The highest BCUT2D eigenvalue weighted by molar-refractivity contribution is 6.34. The minimum Gasteiger partial charge on any atom is -0.368 e. The number of rotatable bonds is 5. The molecule has 0 amide bonds. The summed E-state index contributed by atoms with van der Waals surface area (Å²) in [5.74, 6) is 0.163. The fourth-order valence-electron chi connectivity index (χ4n) is 6.44. The number of fused-ring (bicyclic) bond motifs is 2. The Morgan fingerprint density at radius 3 is 2.59 bits per heavy atom. The molecule has 200 valence electrons. The summed E-state index contributed by atoms with van der Waals surface area (Å²) >= 11 is 7.02. The van der Waals surface area contributed by atoms with E-state index in [0.29, 0.717) is 27.8 Å². The number of benzene rings is 2. The average molecular weight is 541 g/mol. The van der Waals surface area contributed by atoms with Crippen molar-refractivity contribution in [1.82, 2.24) is 15.2 Å². The first kappa shape index (κ1) is 25.7. The summed E-state index contributed by atoms with van der Waals surface area (Å²) in [6.07, 6.45) is 13.8. The van der Waals surface area contributed by atoms with Crippen molar-refractivity contribution in [2.75, 3.05) is 31.1 Å². The molecular weight excluding hydrogens is 507 g/mol.